The van der Waals surface area contributed by atoms with Gasteiger partial charge in [0.1, 0.15) is 0 Å². The highest BCUT2D eigenvalue weighted by molar-refractivity contribution is 7.89. The van der Waals surface area contributed by atoms with Crippen molar-refractivity contribution in [3.05, 3.63) is 54.1 Å². The molecule has 184 valence electrons. The van der Waals surface area contributed by atoms with Gasteiger partial charge in [0.15, 0.2) is 11.6 Å². The van der Waals surface area contributed by atoms with Crippen molar-refractivity contribution in [2.45, 2.75) is 31.6 Å². The van der Waals surface area contributed by atoms with E-state index >= 15 is 0 Å². The van der Waals surface area contributed by atoms with Crippen molar-refractivity contribution in [2.75, 3.05) is 43.0 Å². The fraction of sp³-hybridized carbons (Fsp3) is 0.423. The zero-order chi connectivity index (χ0) is 24.7. The summed E-state index contributed by atoms with van der Waals surface area (Å²) >= 11 is 0. The van der Waals surface area contributed by atoms with Gasteiger partial charge in [-0.3, -0.25) is 9.69 Å². The van der Waals surface area contributed by atoms with Crippen LogP contribution in [0.15, 0.2) is 53.4 Å². The number of benzene rings is 2. The number of fused-ring (bicyclic) bond motifs is 2. The minimum absolute atomic E-state index is 0.213. The number of hydrogen-bond acceptors (Lipinski definition) is 6. The van der Waals surface area contributed by atoms with Gasteiger partial charge in [-0.1, -0.05) is 26.0 Å². The van der Waals surface area contributed by atoms with Crippen LogP contribution in [0.25, 0.3) is 11.0 Å². The molecule has 2 atom stereocenters. The minimum Gasteiger partial charge on any atom is -0.357 e. The summed E-state index contributed by atoms with van der Waals surface area (Å²) in [7, 11) is -1.65. The van der Waals surface area contributed by atoms with Crippen molar-refractivity contribution < 1.29 is 13.2 Å². The summed E-state index contributed by atoms with van der Waals surface area (Å²) in [6.07, 6.45) is 1.80. The van der Waals surface area contributed by atoms with Crippen LogP contribution in [-0.4, -0.2) is 61.8 Å². The third kappa shape index (κ3) is 4.50. The summed E-state index contributed by atoms with van der Waals surface area (Å²) in [5, 5.41) is 0. The smallest absolute Gasteiger partial charge is 0.259 e. The van der Waals surface area contributed by atoms with E-state index in [0.717, 1.165) is 30.4 Å². The average molecular weight is 494 g/mol. The number of hydrogen-bond donors (Lipinski definition) is 0. The van der Waals surface area contributed by atoms with E-state index in [1.807, 2.05) is 36.2 Å². The molecule has 0 N–H and O–H groups in total. The number of piperidine rings is 1. The van der Waals surface area contributed by atoms with Crippen molar-refractivity contribution >= 4 is 38.6 Å². The molecule has 2 aromatic carbocycles. The van der Waals surface area contributed by atoms with E-state index in [4.69, 9.17) is 9.97 Å². The largest absolute Gasteiger partial charge is 0.357 e. The van der Waals surface area contributed by atoms with E-state index in [-0.39, 0.29) is 10.8 Å². The highest BCUT2D eigenvalue weighted by Gasteiger charge is 2.32. The van der Waals surface area contributed by atoms with E-state index in [1.165, 1.54) is 0 Å². The number of nitrogens with zero attached hydrogens (tertiary/aromatic N) is 5. The van der Waals surface area contributed by atoms with Gasteiger partial charge in [0.2, 0.25) is 10.0 Å². The van der Waals surface area contributed by atoms with E-state index < -0.39 is 10.0 Å². The summed E-state index contributed by atoms with van der Waals surface area (Å²) in [4.78, 5) is 27.1. The third-order valence-electron chi connectivity index (χ3n) is 6.85. The van der Waals surface area contributed by atoms with E-state index in [2.05, 4.69) is 13.8 Å². The summed E-state index contributed by atoms with van der Waals surface area (Å²) in [5.74, 6) is 1.64. The van der Waals surface area contributed by atoms with Gasteiger partial charge in [0.25, 0.3) is 5.91 Å². The zero-order valence-electron chi connectivity index (χ0n) is 20.4. The molecule has 0 bridgehead atoms. The lowest BCUT2D eigenvalue weighted by Crippen LogP contribution is -2.42. The maximum atomic E-state index is 13.6. The Morgan fingerprint density at radius 1 is 0.886 bits per heavy atom. The Labute approximate surface area is 206 Å². The van der Waals surface area contributed by atoms with Gasteiger partial charge < -0.3 is 4.90 Å². The number of anilines is 2. The van der Waals surface area contributed by atoms with Crippen LogP contribution in [0.4, 0.5) is 11.6 Å². The molecule has 0 aliphatic carbocycles. The van der Waals surface area contributed by atoms with E-state index in [9.17, 15) is 13.2 Å². The Balaban J connectivity index is 1.45. The second kappa shape index (κ2) is 9.20. The first kappa shape index (κ1) is 23.7. The molecule has 8 nitrogen and oxygen atoms in total. The van der Waals surface area contributed by atoms with Crippen LogP contribution < -0.4 is 9.80 Å². The van der Waals surface area contributed by atoms with Crippen LogP contribution in [0.5, 0.6) is 0 Å². The Hall–Kier alpha value is -3.04. The van der Waals surface area contributed by atoms with Crippen LogP contribution >= 0.6 is 0 Å². The first-order chi connectivity index (χ1) is 16.7. The molecule has 2 aliphatic rings. The molecule has 35 heavy (non-hydrogen) atoms. The molecule has 0 spiro atoms. The fourth-order valence-corrected chi connectivity index (χ4v) is 6.85. The molecule has 0 saturated carbocycles. The molecular formula is C26H31N5O3S. The zero-order valence-corrected chi connectivity index (χ0v) is 21.2. The average Bonchev–Trinajstić information content (AvgIpc) is 3.00. The van der Waals surface area contributed by atoms with Crippen molar-refractivity contribution in [3.8, 4) is 0 Å². The van der Waals surface area contributed by atoms with Crippen molar-refractivity contribution in [2.24, 2.45) is 11.8 Å². The molecule has 1 saturated heterocycles. The van der Waals surface area contributed by atoms with Crippen LogP contribution in [0.1, 0.15) is 37.0 Å². The molecule has 2 unspecified atom stereocenters. The predicted octanol–water partition coefficient (Wildman–Crippen LogP) is 3.78. The monoisotopic (exact) mass is 493 g/mol. The third-order valence-corrected chi connectivity index (χ3v) is 8.69. The molecule has 1 fully saturated rings. The maximum Gasteiger partial charge on any atom is 0.259 e. The lowest BCUT2D eigenvalue weighted by molar-refractivity contribution is 0.0986. The van der Waals surface area contributed by atoms with Crippen molar-refractivity contribution in [1.82, 2.24) is 14.3 Å². The molecule has 3 aromatic rings. The highest BCUT2D eigenvalue weighted by Crippen LogP contribution is 2.32. The highest BCUT2D eigenvalue weighted by atomic mass is 32.2. The first-order valence-electron chi connectivity index (χ1n) is 12.1. The van der Waals surface area contributed by atoms with Gasteiger partial charge in [-0.2, -0.15) is 4.31 Å². The molecule has 1 amide bonds. The number of para-hydroxylation sites is 2. The summed E-state index contributed by atoms with van der Waals surface area (Å²) < 4.78 is 28.0. The van der Waals surface area contributed by atoms with Crippen LogP contribution in [0.3, 0.4) is 0 Å². The Kier molecular flexibility index (Phi) is 6.23. The topological polar surface area (TPSA) is 86.7 Å². The number of aromatic nitrogens is 2. The SMILES string of the molecule is CC1CC(C)CN(S(=O)(=O)c2ccc(C(=O)N3CCCN(C)c4nc5ccccc5nc43)cc2)C1. The van der Waals surface area contributed by atoms with Gasteiger partial charge in [-0.25, -0.2) is 18.4 Å². The van der Waals surface area contributed by atoms with Crippen LogP contribution in [0.2, 0.25) is 0 Å². The maximum absolute atomic E-state index is 13.6. The predicted molar refractivity (Wildman–Crippen MR) is 137 cm³/mol. The number of carbonyl (C=O) groups excluding carboxylic acids is 1. The van der Waals surface area contributed by atoms with Gasteiger partial charge in [0, 0.05) is 38.8 Å². The molecular weight excluding hydrogens is 462 g/mol. The number of amides is 1. The molecule has 0 radical (unpaired) electrons. The lowest BCUT2D eigenvalue weighted by Gasteiger charge is -2.34. The standard InChI is InChI=1S/C26H31N5O3S/c1-18-15-19(2)17-30(16-18)35(33,34)21-11-9-20(10-12-21)26(32)31-14-6-13-29(3)24-25(31)28-23-8-5-4-7-22(23)27-24/h4-5,7-12,18-19H,6,13-17H2,1-3H3. The second-order valence-electron chi connectivity index (χ2n) is 9.88. The fourth-order valence-electron chi connectivity index (χ4n) is 5.17. The first-order valence-corrected chi connectivity index (χ1v) is 13.6. The van der Waals surface area contributed by atoms with E-state index in [1.54, 1.807) is 33.5 Å². The van der Waals surface area contributed by atoms with Gasteiger partial charge >= 0.3 is 0 Å². The van der Waals surface area contributed by atoms with Gasteiger partial charge in [0.05, 0.1) is 15.9 Å². The normalized spacial score (nSPS) is 21.6. The van der Waals surface area contributed by atoms with Crippen LogP contribution in [-0.2, 0) is 10.0 Å². The van der Waals surface area contributed by atoms with Crippen LogP contribution in [0, 0.1) is 11.8 Å². The quantitative estimate of drug-likeness (QED) is 0.552. The lowest BCUT2D eigenvalue weighted by atomic mass is 9.94. The molecule has 3 heterocycles. The summed E-state index contributed by atoms with van der Waals surface area (Å²) in [5.41, 5.74) is 1.93. The second-order valence-corrected chi connectivity index (χ2v) is 11.8. The molecule has 5 rings (SSSR count). The van der Waals surface area contributed by atoms with E-state index in [0.29, 0.717) is 48.7 Å². The van der Waals surface area contributed by atoms with Crippen molar-refractivity contribution in [1.29, 1.82) is 0 Å². The number of rotatable bonds is 3. The Morgan fingerprint density at radius 3 is 2.11 bits per heavy atom. The molecule has 1 aromatic heterocycles. The number of sulfonamides is 1. The molecule has 2 aliphatic heterocycles. The summed E-state index contributed by atoms with van der Waals surface area (Å²) in [6.45, 7) is 6.49. The Morgan fingerprint density at radius 2 is 1.49 bits per heavy atom. The summed E-state index contributed by atoms with van der Waals surface area (Å²) in [6, 6.07) is 13.9. The van der Waals surface area contributed by atoms with Gasteiger partial charge in [-0.15, -0.1) is 0 Å². The Bertz CT molecular complexity index is 1350. The van der Waals surface area contributed by atoms with Crippen molar-refractivity contribution in [3.63, 3.8) is 0 Å². The van der Waals surface area contributed by atoms with Gasteiger partial charge in [-0.05, 0) is 61.1 Å². The number of carbonyl (C=O) groups is 1. The minimum atomic E-state index is -3.60. The molecule has 9 heteroatoms.